The van der Waals surface area contributed by atoms with Gasteiger partial charge in [-0.1, -0.05) is 26.0 Å². The summed E-state index contributed by atoms with van der Waals surface area (Å²) in [5.74, 6) is 0.369. The Morgan fingerprint density at radius 2 is 1.59 bits per heavy atom. The van der Waals surface area contributed by atoms with E-state index in [9.17, 15) is 5.26 Å². The number of ether oxygens (including phenoxy) is 2. The molecule has 2 heterocycles. The van der Waals surface area contributed by atoms with Crippen molar-refractivity contribution in [3.05, 3.63) is 42.1 Å². The second-order valence-electron chi connectivity index (χ2n) is 10.1. The highest BCUT2D eigenvalue weighted by Gasteiger charge is 2.25. The molecule has 0 radical (unpaired) electrons. The Kier molecular flexibility index (Phi) is 9.90. The van der Waals surface area contributed by atoms with Gasteiger partial charge >= 0.3 is 0 Å². The monoisotopic (exact) mass is 466 g/mol. The summed E-state index contributed by atoms with van der Waals surface area (Å²) in [4.78, 5) is 9.12. The SMILES string of the molecule is CC.CN1CCN(c2ccc(-c3ccnc(OC(C)(C)CCOC(C)(C)C)c3C#N)cc2)CC1. The third-order valence-electron chi connectivity index (χ3n) is 5.69. The number of pyridine rings is 1. The summed E-state index contributed by atoms with van der Waals surface area (Å²) in [5, 5.41) is 9.92. The molecule has 1 saturated heterocycles. The highest BCUT2D eigenvalue weighted by atomic mass is 16.5. The molecular weight excluding hydrogens is 424 g/mol. The van der Waals surface area contributed by atoms with E-state index in [0.717, 1.165) is 37.3 Å². The topological polar surface area (TPSA) is 61.6 Å². The van der Waals surface area contributed by atoms with E-state index in [1.165, 1.54) is 5.69 Å². The van der Waals surface area contributed by atoms with Gasteiger partial charge in [-0.3, -0.25) is 0 Å². The second kappa shape index (κ2) is 12.2. The molecule has 3 rings (SSSR count). The Bertz CT molecular complexity index is 934. The summed E-state index contributed by atoms with van der Waals surface area (Å²) in [6.45, 7) is 18.9. The summed E-state index contributed by atoms with van der Waals surface area (Å²) in [6.07, 6.45) is 2.41. The van der Waals surface area contributed by atoms with Crippen LogP contribution in [0.25, 0.3) is 11.1 Å². The molecule has 0 N–H and O–H groups in total. The first kappa shape index (κ1) is 27.6. The zero-order chi connectivity index (χ0) is 25.4. The Morgan fingerprint density at radius 3 is 2.15 bits per heavy atom. The third-order valence-corrected chi connectivity index (χ3v) is 5.69. The van der Waals surface area contributed by atoms with Crippen LogP contribution >= 0.6 is 0 Å². The van der Waals surface area contributed by atoms with Crippen molar-refractivity contribution in [2.45, 2.75) is 66.1 Å². The van der Waals surface area contributed by atoms with Gasteiger partial charge in [0.1, 0.15) is 17.2 Å². The van der Waals surface area contributed by atoms with Crippen molar-refractivity contribution in [1.82, 2.24) is 9.88 Å². The normalized spacial score (nSPS) is 14.7. The first-order valence-corrected chi connectivity index (χ1v) is 12.3. The average molecular weight is 467 g/mol. The molecule has 0 amide bonds. The number of nitriles is 1. The number of benzene rings is 1. The van der Waals surface area contributed by atoms with E-state index in [-0.39, 0.29) is 5.60 Å². The van der Waals surface area contributed by atoms with Crippen molar-refractivity contribution in [3.8, 4) is 23.1 Å². The first-order valence-electron chi connectivity index (χ1n) is 12.3. The standard InChI is InChI=1S/C26H36N4O2.C2H6/c1-25(2,3)31-18-12-26(4,5)32-24-23(19-27)22(11-13-28-24)20-7-9-21(10-8-20)30-16-14-29(6)15-17-30;1-2/h7-11,13H,12,14-18H2,1-6H3;1-2H3. The van der Waals surface area contributed by atoms with Crippen molar-refractivity contribution in [2.75, 3.05) is 44.7 Å². The van der Waals surface area contributed by atoms with Crippen molar-refractivity contribution in [1.29, 1.82) is 5.26 Å². The molecule has 0 atom stereocenters. The van der Waals surface area contributed by atoms with Crippen LogP contribution in [0.3, 0.4) is 0 Å². The molecule has 0 unspecified atom stereocenters. The Balaban J connectivity index is 0.00000199. The molecular formula is C28H42N4O2. The lowest BCUT2D eigenvalue weighted by Crippen LogP contribution is -2.44. The Morgan fingerprint density at radius 1 is 0.971 bits per heavy atom. The van der Waals surface area contributed by atoms with E-state index in [1.54, 1.807) is 6.20 Å². The predicted octanol–water partition coefficient (Wildman–Crippen LogP) is 5.76. The maximum absolute atomic E-state index is 9.92. The minimum atomic E-state index is -0.506. The summed E-state index contributed by atoms with van der Waals surface area (Å²) < 4.78 is 12.1. The zero-order valence-corrected chi connectivity index (χ0v) is 22.3. The molecule has 0 saturated carbocycles. The molecule has 0 aliphatic carbocycles. The fourth-order valence-electron chi connectivity index (χ4n) is 3.70. The highest BCUT2D eigenvalue weighted by molar-refractivity contribution is 5.73. The minimum Gasteiger partial charge on any atom is -0.471 e. The van der Waals surface area contributed by atoms with Crippen LogP contribution in [0.1, 0.15) is 60.5 Å². The second-order valence-corrected chi connectivity index (χ2v) is 10.1. The van der Waals surface area contributed by atoms with Crippen LogP contribution in [0.15, 0.2) is 36.5 Å². The summed E-state index contributed by atoms with van der Waals surface area (Å²) in [5.41, 5.74) is 2.80. The highest BCUT2D eigenvalue weighted by Crippen LogP contribution is 2.32. The van der Waals surface area contributed by atoms with Crippen molar-refractivity contribution in [2.24, 2.45) is 0 Å². The van der Waals surface area contributed by atoms with Crippen LogP contribution in [-0.4, -0.2) is 60.9 Å². The van der Waals surface area contributed by atoms with E-state index in [2.05, 4.69) is 52.2 Å². The van der Waals surface area contributed by atoms with Crippen LogP contribution in [0, 0.1) is 11.3 Å². The average Bonchev–Trinajstić information content (AvgIpc) is 2.79. The Labute approximate surface area is 206 Å². The molecule has 1 aliphatic heterocycles. The van der Waals surface area contributed by atoms with E-state index in [4.69, 9.17) is 9.47 Å². The molecule has 6 heteroatoms. The van der Waals surface area contributed by atoms with Gasteiger partial charge in [0.2, 0.25) is 5.88 Å². The van der Waals surface area contributed by atoms with E-state index in [1.807, 2.05) is 54.5 Å². The minimum absolute atomic E-state index is 0.192. The lowest BCUT2D eigenvalue weighted by Gasteiger charge is -2.34. The van der Waals surface area contributed by atoms with Crippen molar-refractivity contribution < 1.29 is 9.47 Å². The van der Waals surface area contributed by atoms with Crippen molar-refractivity contribution >= 4 is 5.69 Å². The lowest BCUT2D eigenvalue weighted by molar-refractivity contribution is -0.0300. The number of aromatic nitrogens is 1. The van der Waals surface area contributed by atoms with Crippen LogP contribution in [0.4, 0.5) is 5.69 Å². The van der Waals surface area contributed by atoms with Crippen LogP contribution in [-0.2, 0) is 4.74 Å². The number of rotatable bonds is 7. The molecule has 2 aromatic rings. The van der Waals surface area contributed by atoms with Gasteiger partial charge in [0.25, 0.3) is 0 Å². The van der Waals surface area contributed by atoms with Crippen LogP contribution in [0.2, 0.25) is 0 Å². The summed E-state index contributed by atoms with van der Waals surface area (Å²) in [6, 6.07) is 12.6. The van der Waals surface area contributed by atoms with Gasteiger partial charge in [-0.15, -0.1) is 0 Å². The van der Waals surface area contributed by atoms with Gasteiger partial charge in [-0.25, -0.2) is 4.98 Å². The van der Waals surface area contributed by atoms with E-state index >= 15 is 0 Å². The number of hydrogen-bond donors (Lipinski definition) is 0. The molecule has 34 heavy (non-hydrogen) atoms. The van der Waals surface area contributed by atoms with Gasteiger partial charge in [-0.2, -0.15) is 5.26 Å². The first-order chi connectivity index (χ1) is 16.1. The molecule has 0 spiro atoms. The van der Waals surface area contributed by atoms with Gasteiger partial charge < -0.3 is 19.3 Å². The van der Waals surface area contributed by atoms with E-state index < -0.39 is 5.60 Å². The predicted molar refractivity (Wildman–Crippen MR) is 140 cm³/mol. The van der Waals surface area contributed by atoms with Gasteiger partial charge in [0.05, 0.1) is 12.2 Å². The molecule has 1 aromatic heterocycles. The number of piperazine rings is 1. The summed E-state index contributed by atoms with van der Waals surface area (Å²) >= 11 is 0. The van der Waals surface area contributed by atoms with E-state index in [0.29, 0.717) is 24.5 Å². The molecule has 6 nitrogen and oxygen atoms in total. The third kappa shape index (κ3) is 8.00. The maximum atomic E-state index is 9.92. The quantitative estimate of drug-likeness (QED) is 0.517. The fourth-order valence-corrected chi connectivity index (χ4v) is 3.70. The maximum Gasteiger partial charge on any atom is 0.232 e. The fraction of sp³-hybridized carbons (Fsp3) is 0.571. The molecule has 0 bridgehead atoms. The smallest absolute Gasteiger partial charge is 0.232 e. The van der Waals surface area contributed by atoms with Gasteiger partial charge in [0.15, 0.2) is 0 Å². The van der Waals surface area contributed by atoms with Crippen LogP contribution < -0.4 is 9.64 Å². The number of likely N-dealkylation sites (N-methyl/N-ethyl adjacent to an activating group) is 1. The molecule has 1 aromatic carbocycles. The number of anilines is 1. The zero-order valence-electron chi connectivity index (χ0n) is 22.3. The Hall–Kier alpha value is -2.62. The number of nitrogens with zero attached hydrogens (tertiary/aromatic N) is 4. The largest absolute Gasteiger partial charge is 0.471 e. The van der Waals surface area contributed by atoms with Gasteiger partial charge in [-0.05, 0) is 65.4 Å². The van der Waals surface area contributed by atoms with Crippen molar-refractivity contribution in [3.63, 3.8) is 0 Å². The lowest BCUT2D eigenvalue weighted by atomic mass is 10.0. The molecule has 1 aliphatic rings. The molecule has 1 fully saturated rings. The molecule has 186 valence electrons. The summed E-state index contributed by atoms with van der Waals surface area (Å²) in [7, 11) is 2.16. The van der Waals surface area contributed by atoms with Gasteiger partial charge in [0, 0.05) is 50.0 Å². The number of hydrogen-bond acceptors (Lipinski definition) is 6. The van der Waals surface area contributed by atoms with Crippen LogP contribution in [0.5, 0.6) is 5.88 Å².